The van der Waals surface area contributed by atoms with E-state index >= 15 is 0 Å². The van der Waals surface area contributed by atoms with Gasteiger partial charge in [0, 0.05) is 24.7 Å². The third kappa shape index (κ3) is 4.69. The minimum atomic E-state index is 0.0760. The Balaban J connectivity index is 1.13. The number of phenols is 1. The number of hydrogen-bond donors (Lipinski definition) is 4. The summed E-state index contributed by atoms with van der Waals surface area (Å²) in [6.45, 7) is 3.48. The first-order valence-electron chi connectivity index (χ1n) is 13.5. The predicted octanol–water partition coefficient (Wildman–Crippen LogP) is 4.71. The molecule has 0 bridgehead atoms. The summed E-state index contributed by atoms with van der Waals surface area (Å²) in [6, 6.07) is 15.9. The monoisotopic (exact) mass is 497 g/mol. The molecule has 37 heavy (non-hydrogen) atoms. The van der Waals surface area contributed by atoms with Crippen molar-refractivity contribution in [2.24, 2.45) is 5.92 Å². The summed E-state index contributed by atoms with van der Waals surface area (Å²) in [6.07, 6.45) is 9.24. The van der Waals surface area contributed by atoms with Gasteiger partial charge in [0.1, 0.15) is 11.6 Å². The number of rotatable bonds is 5. The van der Waals surface area contributed by atoms with Gasteiger partial charge in [-0.15, -0.1) is 0 Å². The summed E-state index contributed by atoms with van der Waals surface area (Å²) < 4.78 is 0. The van der Waals surface area contributed by atoms with Gasteiger partial charge in [0.2, 0.25) is 0 Å². The molecule has 4 atom stereocenters. The van der Waals surface area contributed by atoms with Crippen molar-refractivity contribution in [2.75, 3.05) is 13.1 Å². The maximum absolute atomic E-state index is 13.0. The number of carbonyl (C=O) groups is 1. The summed E-state index contributed by atoms with van der Waals surface area (Å²) in [5.41, 5.74) is 12.6. The number of aromatic amines is 1. The van der Waals surface area contributed by atoms with E-state index in [1.165, 1.54) is 11.1 Å². The largest absolute Gasteiger partial charge is 0.508 e. The van der Waals surface area contributed by atoms with Crippen LogP contribution in [0.25, 0.3) is 5.57 Å². The molecule has 1 aromatic heterocycles. The highest BCUT2D eigenvalue weighted by molar-refractivity contribution is 5.95. The molecule has 7 nitrogen and oxygen atoms in total. The van der Waals surface area contributed by atoms with Crippen molar-refractivity contribution in [3.63, 3.8) is 0 Å². The molecule has 1 aliphatic carbocycles. The number of amides is 1. The van der Waals surface area contributed by atoms with Gasteiger partial charge in [-0.3, -0.25) is 10.2 Å². The minimum Gasteiger partial charge on any atom is -0.508 e. The second-order valence-corrected chi connectivity index (χ2v) is 10.6. The van der Waals surface area contributed by atoms with Crippen LogP contribution in [-0.4, -0.2) is 45.0 Å². The van der Waals surface area contributed by atoms with Gasteiger partial charge in [-0.1, -0.05) is 37.3 Å². The standard InChI is InChI=1S/C30H35N5O2/c1-2-19-15-23(36)11-13-24(19)21-10-12-25-26(16-21)33-34-28(25)29-31-17-27(32-29)22-9-6-14-35(18-22)30(37)20-7-4-3-5-8-20/h3-5,7-9,11,13,15,17,21,25-26,28,33-34,36H,2,6,10,12,14,16,18H2,1H3,(H,31,32). The number of H-pyrrole nitrogens is 1. The number of benzene rings is 2. The number of phenolic OH excluding ortho intramolecular Hbond substituents is 1. The van der Waals surface area contributed by atoms with E-state index in [1.54, 1.807) is 0 Å². The van der Waals surface area contributed by atoms with E-state index < -0.39 is 0 Å². The Kier molecular flexibility index (Phi) is 6.57. The number of nitrogens with zero attached hydrogens (tertiary/aromatic N) is 2. The predicted molar refractivity (Wildman–Crippen MR) is 144 cm³/mol. The molecule has 3 aromatic rings. The molecule has 1 amide bonds. The lowest BCUT2D eigenvalue weighted by Crippen LogP contribution is -2.35. The zero-order valence-corrected chi connectivity index (χ0v) is 21.3. The molecule has 4 unspecified atom stereocenters. The van der Waals surface area contributed by atoms with Gasteiger partial charge in [-0.05, 0) is 84.9 Å². The Morgan fingerprint density at radius 3 is 2.84 bits per heavy atom. The van der Waals surface area contributed by atoms with Gasteiger partial charge < -0.3 is 15.0 Å². The highest BCUT2D eigenvalue weighted by Crippen LogP contribution is 2.44. The highest BCUT2D eigenvalue weighted by atomic mass is 16.3. The summed E-state index contributed by atoms with van der Waals surface area (Å²) in [5, 5.41) is 9.91. The topological polar surface area (TPSA) is 93.3 Å². The van der Waals surface area contributed by atoms with Crippen molar-refractivity contribution in [3.8, 4) is 5.75 Å². The van der Waals surface area contributed by atoms with Gasteiger partial charge >= 0.3 is 0 Å². The number of imidazole rings is 1. The number of aryl methyl sites for hydroxylation is 1. The van der Waals surface area contributed by atoms with Crippen LogP contribution >= 0.6 is 0 Å². The third-order valence-corrected chi connectivity index (χ3v) is 8.40. The molecule has 1 saturated carbocycles. The number of fused-ring (bicyclic) bond motifs is 1. The van der Waals surface area contributed by atoms with Crippen LogP contribution in [0, 0.1) is 5.92 Å². The zero-order chi connectivity index (χ0) is 25.4. The molecule has 2 fully saturated rings. The quantitative estimate of drug-likeness (QED) is 0.410. The van der Waals surface area contributed by atoms with Crippen molar-refractivity contribution in [1.82, 2.24) is 25.7 Å². The SMILES string of the molecule is CCc1cc(O)ccc1C1CCC2C(C1)NNC2c1ncc(C2=CCCN(C(=O)c3ccccc3)C2)[nH]1. The van der Waals surface area contributed by atoms with Crippen LogP contribution in [-0.2, 0) is 6.42 Å². The van der Waals surface area contributed by atoms with Gasteiger partial charge in [-0.25, -0.2) is 10.4 Å². The van der Waals surface area contributed by atoms with Crippen LogP contribution < -0.4 is 10.9 Å². The molecule has 2 aliphatic heterocycles. The third-order valence-electron chi connectivity index (χ3n) is 8.40. The number of hydrogen-bond acceptors (Lipinski definition) is 5. The van der Waals surface area contributed by atoms with E-state index in [9.17, 15) is 9.90 Å². The zero-order valence-electron chi connectivity index (χ0n) is 21.3. The average molecular weight is 498 g/mol. The van der Waals surface area contributed by atoms with E-state index in [0.29, 0.717) is 30.2 Å². The lowest BCUT2D eigenvalue weighted by atomic mass is 9.73. The van der Waals surface area contributed by atoms with E-state index in [0.717, 1.165) is 61.3 Å². The molecule has 0 spiro atoms. The maximum atomic E-state index is 13.0. The first kappa shape index (κ1) is 23.9. The number of nitrogens with one attached hydrogen (secondary N) is 3. The van der Waals surface area contributed by atoms with E-state index in [2.05, 4.69) is 34.9 Å². The van der Waals surface area contributed by atoms with E-state index in [-0.39, 0.29) is 11.9 Å². The molecule has 6 rings (SSSR count). The summed E-state index contributed by atoms with van der Waals surface area (Å²) in [5.74, 6) is 2.35. The van der Waals surface area contributed by atoms with Crippen molar-refractivity contribution < 1.29 is 9.90 Å². The molecule has 3 aliphatic rings. The summed E-state index contributed by atoms with van der Waals surface area (Å²) in [7, 11) is 0. The highest BCUT2D eigenvalue weighted by Gasteiger charge is 2.42. The molecule has 1 saturated heterocycles. The molecule has 0 radical (unpaired) electrons. The smallest absolute Gasteiger partial charge is 0.254 e. The van der Waals surface area contributed by atoms with Gasteiger partial charge in [0.15, 0.2) is 0 Å². The van der Waals surface area contributed by atoms with E-state index in [4.69, 9.17) is 4.98 Å². The van der Waals surface area contributed by atoms with Crippen LogP contribution in [0.1, 0.15) is 77.6 Å². The van der Waals surface area contributed by atoms with Crippen molar-refractivity contribution >= 4 is 11.5 Å². The maximum Gasteiger partial charge on any atom is 0.254 e. The first-order chi connectivity index (χ1) is 18.1. The molecule has 3 heterocycles. The van der Waals surface area contributed by atoms with Crippen LogP contribution in [0.5, 0.6) is 5.75 Å². The van der Waals surface area contributed by atoms with Gasteiger partial charge in [0.05, 0.1) is 17.9 Å². The summed E-state index contributed by atoms with van der Waals surface area (Å²) >= 11 is 0. The van der Waals surface area contributed by atoms with Crippen molar-refractivity contribution in [3.05, 3.63) is 89.0 Å². The Morgan fingerprint density at radius 1 is 1.14 bits per heavy atom. The van der Waals surface area contributed by atoms with Crippen molar-refractivity contribution in [2.45, 2.75) is 57.0 Å². The van der Waals surface area contributed by atoms with Gasteiger partial charge in [0.25, 0.3) is 5.91 Å². The molecular formula is C30H35N5O2. The molecule has 7 heteroatoms. The minimum absolute atomic E-state index is 0.0760. The van der Waals surface area contributed by atoms with E-state index in [1.807, 2.05) is 53.6 Å². The van der Waals surface area contributed by atoms with Crippen LogP contribution in [0.4, 0.5) is 0 Å². The fraction of sp³-hybridized carbons (Fsp3) is 0.400. The number of aromatic nitrogens is 2. The van der Waals surface area contributed by atoms with Crippen LogP contribution in [0.3, 0.4) is 0 Å². The number of hydrazine groups is 1. The Hall–Kier alpha value is -3.42. The molecular weight excluding hydrogens is 462 g/mol. The molecule has 192 valence electrons. The second-order valence-electron chi connectivity index (χ2n) is 10.6. The number of aromatic hydroxyl groups is 1. The lowest BCUT2D eigenvalue weighted by Gasteiger charge is -2.33. The fourth-order valence-corrected chi connectivity index (χ4v) is 6.45. The van der Waals surface area contributed by atoms with Gasteiger partial charge in [-0.2, -0.15) is 0 Å². The fourth-order valence-electron chi connectivity index (χ4n) is 6.45. The Bertz CT molecular complexity index is 1300. The Labute approximate surface area is 218 Å². The summed E-state index contributed by atoms with van der Waals surface area (Å²) in [4.78, 5) is 23.3. The Morgan fingerprint density at radius 2 is 2.00 bits per heavy atom. The first-order valence-corrected chi connectivity index (χ1v) is 13.5. The lowest BCUT2D eigenvalue weighted by molar-refractivity contribution is 0.0774. The normalized spacial score (nSPS) is 25.5. The second kappa shape index (κ2) is 10.1. The molecule has 2 aromatic carbocycles. The molecule has 4 N–H and O–H groups in total. The van der Waals surface area contributed by atoms with Crippen LogP contribution in [0.2, 0.25) is 0 Å². The van der Waals surface area contributed by atoms with Crippen LogP contribution in [0.15, 0.2) is 60.8 Å². The number of carbonyl (C=O) groups excluding carboxylic acids is 1. The average Bonchev–Trinajstić information content (AvgIpc) is 3.60. The van der Waals surface area contributed by atoms with Crippen molar-refractivity contribution in [1.29, 1.82) is 0 Å².